The van der Waals surface area contributed by atoms with Gasteiger partial charge in [-0.3, -0.25) is 0 Å². The SMILES string of the molecule is Brc1ccc2nc(C3CCCCC3)cn2c1. The van der Waals surface area contributed by atoms with Crippen LogP contribution in [0.2, 0.25) is 0 Å². The molecule has 0 atom stereocenters. The average molecular weight is 279 g/mol. The third-order valence-electron chi connectivity index (χ3n) is 3.46. The first-order chi connectivity index (χ1) is 7.83. The topological polar surface area (TPSA) is 17.3 Å². The summed E-state index contributed by atoms with van der Waals surface area (Å²) in [6, 6.07) is 4.11. The van der Waals surface area contributed by atoms with Gasteiger partial charge in [-0.25, -0.2) is 4.98 Å². The third-order valence-corrected chi connectivity index (χ3v) is 3.93. The summed E-state index contributed by atoms with van der Waals surface area (Å²) in [6.45, 7) is 0. The van der Waals surface area contributed by atoms with Crippen LogP contribution in [0.4, 0.5) is 0 Å². The number of hydrogen-bond acceptors (Lipinski definition) is 1. The normalized spacial score (nSPS) is 18.1. The van der Waals surface area contributed by atoms with Crippen molar-refractivity contribution in [3.05, 3.63) is 34.7 Å². The second kappa shape index (κ2) is 4.21. The van der Waals surface area contributed by atoms with Crippen molar-refractivity contribution in [3.8, 4) is 0 Å². The highest BCUT2D eigenvalue weighted by atomic mass is 79.9. The first kappa shape index (κ1) is 10.3. The molecule has 2 aromatic heterocycles. The summed E-state index contributed by atoms with van der Waals surface area (Å²) in [7, 11) is 0. The van der Waals surface area contributed by atoms with E-state index >= 15 is 0 Å². The molecule has 2 heterocycles. The first-order valence-corrected chi connectivity index (χ1v) is 6.76. The highest BCUT2D eigenvalue weighted by molar-refractivity contribution is 9.10. The minimum atomic E-state index is 0.687. The first-order valence-electron chi connectivity index (χ1n) is 5.97. The summed E-state index contributed by atoms with van der Waals surface area (Å²) in [5, 5.41) is 0. The Bertz CT molecular complexity index is 498. The molecule has 3 heteroatoms. The van der Waals surface area contributed by atoms with Gasteiger partial charge in [-0.15, -0.1) is 0 Å². The van der Waals surface area contributed by atoms with Crippen molar-refractivity contribution in [1.29, 1.82) is 0 Å². The smallest absolute Gasteiger partial charge is 0.137 e. The number of nitrogens with zero attached hydrogens (tertiary/aromatic N) is 2. The summed E-state index contributed by atoms with van der Waals surface area (Å²) < 4.78 is 3.22. The zero-order valence-electron chi connectivity index (χ0n) is 9.19. The molecule has 0 saturated heterocycles. The largest absolute Gasteiger partial charge is 0.306 e. The van der Waals surface area contributed by atoms with E-state index in [1.165, 1.54) is 37.8 Å². The van der Waals surface area contributed by atoms with E-state index in [0.29, 0.717) is 5.92 Å². The van der Waals surface area contributed by atoms with Crippen molar-refractivity contribution >= 4 is 21.6 Å². The molecule has 0 aromatic carbocycles. The molecule has 84 valence electrons. The van der Waals surface area contributed by atoms with Crippen LogP contribution < -0.4 is 0 Å². The van der Waals surface area contributed by atoms with Gasteiger partial charge < -0.3 is 4.40 Å². The summed E-state index contributed by atoms with van der Waals surface area (Å²) in [6.07, 6.45) is 11.0. The van der Waals surface area contributed by atoms with Crippen molar-refractivity contribution in [1.82, 2.24) is 9.38 Å². The van der Waals surface area contributed by atoms with Gasteiger partial charge in [0.15, 0.2) is 0 Å². The monoisotopic (exact) mass is 278 g/mol. The number of pyridine rings is 1. The molecule has 0 unspecified atom stereocenters. The Morgan fingerprint density at radius 2 is 1.94 bits per heavy atom. The Labute approximate surface area is 104 Å². The van der Waals surface area contributed by atoms with E-state index in [1.54, 1.807) is 0 Å². The van der Waals surface area contributed by atoms with E-state index in [1.807, 2.05) is 6.07 Å². The zero-order valence-corrected chi connectivity index (χ0v) is 10.8. The summed E-state index contributed by atoms with van der Waals surface area (Å²) in [5.41, 5.74) is 2.33. The molecule has 16 heavy (non-hydrogen) atoms. The maximum Gasteiger partial charge on any atom is 0.137 e. The molecule has 1 fully saturated rings. The highest BCUT2D eigenvalue weighted by Gasteiger charge is 2.18. The van der Waals surface area contributed by atoms with E-state index in [9.17, 15) is 0 Å². The Morgan fingerprint density at radius 1 is 1.12 bits per heavy atom. The molecule has 0 radical (unpaired) electrons. The number of halogens is 1. The molecule has 2 aromatic rings. The van der Waals surface area contributed by atoms with E-state index in [0.717, 1.165) is 10.1 Å². The van der Waals surface area contributed by atoms with E-state index in [-0.39, 0.29) is 0 Å². The molecule has 1 aliphatic carbocycles. The van der Waals surface area contributed by atoms with Crippen LogP contribution in [-0.2, 0) is 0 Å². The Morgan fingerprint density at radius 3 is 2.75 bits per heavy atom. The van der Waals surface area contributed by atoms with Crippen molar-refractivity contribution in [2.75, 3.05) is 0 Å². The maximum atomic E-state index is 4.72. The molecule has 2 nitrogen and oxygen atoms in total. The van der Waals surface area contributed by atoms with Gasteiger partial charge >= 0.3 is 0 Å². The van der Waals surface area contributed by atoms with Gasteiger partial charge in [0.05, 0.1) is 5.69 Å². The van der Waals surface area contributed by atoms with Crippen LogP contribution in [0, 0.1) is 0 Å². The standard InChI is InChI=1S/C13H15BrN2/c14-11-6-7-13-15-12(9-16(13)8-11)10-4-2-1-3-5-10/h6-10H,1-5H2. The van der Waals surface area contributed by atoms with Crippen LogP contribution in [0.1, 0.15) is 43.7 Å². The molecule has 0 spiro atoms. The van der Waals surface area contributed by atoms with Crippen molar-refractivity contribution in [3.63, 3.8) is 0 Å². The van der Waals surface area contributed by atoms with Gasteiger partial charge in [0, 0.05) is 22.8 Å². The second-order valence-corrected chi connectivity index (χ2v) is 5.53. The lowest BCUT2D eigenvalue weighted by Crippen LogP contribution is -2.04. The van der Waals surface area contributed by atoms with Crippen LogP contribution in [0.3, 0.4) is 0 Å². The quantitative estimate of drug-likeness (QED) is 0.766. The lowest BCUT2D eigenvalue weighted by Gasteiger charge is -2.19. The predicted octanol–water partition coefficient (Wildman–Crippen LogP) is 4.14. The van der Waals surface area contributed by atoms with E-state index in [4.69, 9.17) is 4.98 Å². The fourth-order valence-corrected chi connectivity index (χ4v) is 2.93. The average Bonchev–Trinajstić information content (AvgIpc) is 2.73. The third kappa shape index (κ3) is 1.88. The summed E-state index contributed by atoms with van der Waals surface area (Å²) >= 11 is 3.49. The van der Waals surface area contributed by atoms with Crippen LogP contribution >= 0.6 is 15.9 Å². The van der Waals surface area contributed by atoms with Gasteiger partial charge in [-0.2, -0.15) is 0 Å². The fourth-order valence-electron chi connectivity index (χ4n) is 2.58. The molecule has 0 amide bonds. The lowest BCUT2D eigenvalue weighted by atomic mass is 9.87. The lowest BCUT2D eigenvalue weighted by molar-refractivity contribution is 0.438. The van der Waals surface area contributed by atoms with Crippen LogP contribution in [0.25, 0.3) is 5.65 Å². The predicted molar refractivity (Wildman–Crippen MR) is 68.7 cm³/mol. The Balaban J connectivity index is 1.97. The number of hydrogen-bond donors (Lipinski definition) is 0. The molecular weight excluding hydrogens is 264 g/mol. The van der Waals surface area contributed by atoms with Crippen molar-refractivity contribution < 1.29 is 0 Å². The van der Waals surface area contributed by atoms with Crippen LogP contribution in [0.15, 0.2) is 29.0 Å². The Hall–Kier alpha value is -0.830. The molecular formula is C13H15BrN2. The van der Waals surface area contributed by atoms with Gasteiger partial charge in [0.2, 0.25) is 0 Å². The van der Waals surface area contributed by atoms with Gasteiger partial charge in [-0.1, -0.05) is 19.3 Å². The summed E-state index contributed by atoms with van der Waals surface area (Å²) in [5.74, 6) is 0.687. The van der Waals surface area contributed by atoms with E-state index < -0.39 is 0 Å². The fraction of sp³-hybridized carbons (Fsp3) is 0.462. The number of aromatic nitrogens is 2. The Kier molecular flexibility index (Phi) is 2.72. The molecule has 3 rings (SSSR count). The minimum absolute atomic E-state index is 0.687. The summed E-state index contributed by atoms with van der Waals surface area (Å²) in [4.78, 5) is 4.72. The second-order valence-electron chi connectivity index (χ2n) is 4.61. The van der Waals surface area contributed by atoms with Gasteiger partial charge in [0.25, 0.3) is 0 Å². The van der Waals surface area contributed by atoms with Crippen molar-refractivity contribution in [2.45, 2.75) is 38.0 Å². The molecule has 0 bridgehead atoms. The van der Waals surface area contributed by atoms with Gasteiger partial charge in [0.1, 0.15) is 5.65 Å². The highest BCUT2D eigenvalue weighted by Crippen LogP contribution is 2.32. The van der Waals surface area contributed by atoms with Crippen LogP contribution in [0.5, 0.6) is 0 Å². The molecule has 1 aliphatic rings. The molecule has 1 saturated carbocycles. The number of rotatable bonds is 1. The van der Waals surface area contributed by atoms with Gasteiger partial charge in [-0.05, 0) is 40.9 Å². The minimum Gasteiger partial charge on any atom is -0.306 e. The van der Waals surface area contributed by atoms with Crippen molar-refractivity contribution in [2.24, 2.45) is 0 Å². The molecule has 0 aliphatic heterocycles. The zero-order chi connectivity index (χ0) is 11.0. The number of imidazole rings is 1. The van der Waals surface area contributed by atoms with Crippen LogP contribution in [-0.4, -0.2) is 9.38 Å². The molecule has 0 N–H and O–H groups in total. The maximum absolute atomic E-state index is 4.72. The number of fused-ring (bicyclic) bond motifs is 1. The van der Waals surface area contributed by atoms with E-state index in [2.05, 4.69) is 38.8 Å².